The third kappa shape index (κ3) is 9.64. The molecule has 1 saturated heterocycles. The Hall–Kier alpha value is -0.980. The summed E-state index contributed by atoms with van der Waals surface area (Å²) in [6.07, 6.45) is -3.90. The highest BCUT2D eigenvalue weighted by molar-refractivity contribution is 14.0. The largest absolute Gasteiger partial charge is 0.450 e. The fourth-order valence-corrected chi connectivity index (χ4v) is 2.58. The summed E-state index contributed by atoms with van der Waals surface area (Å²) in [4.78, 5) is 20.8. The van der Waals surface area contributed by atoms with Crippen LogP contribution in [0.4, 0.5) is 18.0 Å². The molecule has 154 valence electrons. The standard InChI is InChI=1S/C15H28F3N5O2.HI/c1-4-25-14(24)23-10-8-22(9-11-23)13(19-2)20-6-5-7-21(3)12-15(16,17)18;/h4-12H2,1-3H3,(H,19,20);1H. The predicted octanol–water partition coefficient (Wildman–Crippen LogP) is 1.84. The number of hydrogen-bond donors (Lipinski definition) is 1. The van der Waals surface area contributed by atoms with Gasteiger partial charge in [-0.05, 0) is 26.9 Å². The highest BCUT2D eigenvalue weighted by Gasteiger charge is 2.29. The van der Waals surface area contributed by atoms with E-state index in [9.17, 15) is 18.0 Å². The number of guanidine groups is 1. The molecule has 1 fully saturated rings. The first-order chi connectivity index (χ1) is 11.8. The van der Waals surface area contributed by atoms with Gasteiger partial charge in [-0.2, -0.15) is 13.2 Å². The van der Waals surface area contributed by atoms with Crippen molar-refractivity contribution in [2.75, 3.05) is 66.5 Å². The molecular formula is C15H29F3IN5O2. The molecule has 0 unspecified atom stereocenters. The molecule has 0 radical (unpaired) electrons. The highest BCUT2D eigenvalue weighted by Crippen LogP contribution is 2.15. The number of rotatable bonds is 6. The van der Waals surface area contributed by atoms with Crippen LogP contribution in [0.15, 0.2) is 4.99 Å². The zero-order valence-corrected chi connectivity index (χ0v) is 17.8. The van der Waals surface area contributed by atoms with E-state index in [0.717, 1.165) is 0 Å². The van der Waals surface area contributed by atoms with Crippen LogP contribution >= 0.6 is 24.0 Å². The van der Waals surface area contributed by atoms with Gasteiger partial charge in [0.25, 0.3) is 0 Å². The van der Waals surface area contributed by atoms with Crippen LogP contribution in [-0.4, -0.2) is 99.4 Å². The number of hydrogen-bond acceptors (Lipinski definition) is 4. The van der Waals surface area contributed by atoms with E-state index < -0.39 is 12.7 Å². The van der Waals surface area contributed by atoms with Gasteiger partial charge < -0.3 is 19.9 Å². The second-order valence-corrected chi connectivity index (χ2v) is 5.85. The number of ether oxygens (including phenoxy) is 1. The molecule has 1 heterocycles. The Bertz CT molecular complexity index is 443. The van der Waals surface area contributed by atoms with E-state index in [1.807, 2.05) is 4.90 Å². The summed E-state index contributed by atoms with van der Waals surface area (Å²) in [5, 5.41) is 3.16. The fraction of sp³-hybridized carbons (Fsp3) is 0.867. The van der Waals surface area contributed by atoms with E-state index in [1.165, 1.54) is 11.9 Å². The molecule has 0 saturated carbocycles. The number of aliphatic imine (C=N–C) groups is 1. The fourth-order valence-electron chi connectivity index (χ4n) is 2.58. The Morgan fingerprint density at radius 3 is 2.31 bits per heavy atom. The van der Waals surface area contributed by atoms with Gasteiger partial charge in [-0.3, -0.25) is 9.89 Å². The van der Waals surface area contributed by atoms with Gasteiger partial charge in [-0.25, -0.2) is 4.79 Å². The van der Waals surface area contributed by atoms with Crippen LogP contribution in [0, 0.1) is 0 Å². The van der Waals surface area contributed by atoms with E-state index in [1.54, 1.807) is 18.9 Å². The normalized spacial score (nSPS) is 15.7. The number of amides is 1. The number of piperazine rings is 1. The van der Waals surface area contributed by atoms with Crippen molar-refractivity contribution in [3.05, 3.63) is 0 Å². The minimum atomic E-state index is -4.17. The van der Waals surface area contributed by atoms with Gasteiger partial charge in [0.15, 0.2) is 5.96 Å². The topological polar surface area (TPSA) is 60.4 Å². The van der Waals surface area contributed by atoms with Crippen molar-refractivity contribution in [2.45, 2.75) is 19.5 Å². The molecule has 0 atom stereocenters. The van der Waals surface area contributed by atoms with Gasteiger partial charge in [-0.15, -0.1) is 24.0 Å². The lowest BCUT2D eigenvalue weighted by atomic mass is 10.3. The molecular weight excluding hydrogens is 466 g/mol. The molecule has 0 bridgehead atoms. The maximum absolute atomic E-state index is 12.3. The molecule has 7 nitrogen and oxygen atoms in total. The number of carbonyl (C=O) groups excluding carboxylic acids is 1. The average Bonchev–Trinajstić information content (AvgIpc) is 2.54. The minimum absolute atomic E-state index is 0. The molecule has 0 spiro atoms. The minimum Gasteiger partial charge on any atom is -0.450 e. The SMILES string of the molecule is CCOC(=O)N1CCN(C(=NC)NCCCN(C)CC(F)(F)F)CC1.I. The van der Waals surface area contributed by atoms with Crippen molar-refractivity contribution in [2.24, 2.45) is 4.99 Å². The second-order valence-electron chi connectivity index (χ2n) is 5.85. The summed E-state index contributed by atoms with van der Waals surface area (Å²) in [5.41, 5.74) is 0. The van der Waals surface area contributed by atoms with Crippen LogP contribution < -0.4 is 5.32 Å². The number of nitrogens with zero attached hydrogens (tertiary/aromatic N) is 4. The number of carbonyl (C=O) groups is 1. The third-order valence-electron chi connectivity index (χ3n) is 3.77. The first-order valence-electron chi connectivity index (χ1n) is 8.39. The summed E-state index contributed by atoms with van der Waals surface area (Å²) in [6, 6.07) is 0. The molecule has 0 aromatic heterocycles. The Kier molecular flexibility index (Phi) is 11.9. The molecule has 1 amide bonds. The predicted molar refractivity (Wildman–Crippen MR) is 105 cm³/mol. The van der Waals surface area contributed by atoms with Gasteiger partial charge in [0.05, 0.1) is 13.2 Å². The molecule has 26 heavy (non-hydrogen) atoms. The van der Waals surface area contributed by atoms with Gasteiger partial charge >= 0.3 is 12.3 Å². The average molecular weight is 495 g/mol. The lowest BCUT2D eigenvalue weighted by Crippen LogP contribution is -2.54. The smallest absolute Gasteiger partial charge is 0.409 e. The monoisotopic (exact) mass is 495 g/mol. The molecule has 1 rings (SSSR count). The van der Waals surface area contributed by atoms with Crippen LogP contribution in [0.5, 0.6) is 0 Å². The Balaban J connectivity index is 0.00000625. The number of alkyl halides is 3. The van der Waals surface area contributed by atoms with Gasteiger partial charge in [0, 0.05) is 39.8 Å². The molecule has 0 aromatic carbocycles. The van der Waals surface area contributed by atoms with E-state index in [4.69, 9.17) is 4.74 Å². The first kappa shape index (κ1) is 25.0. The van der Waals surface area contributed by atoms with Crippen molar-refractivity contribution < 1.29 is 22.7 Å². The van der Waals surface area contributed by atoms with Crippen molar-refractivity contribution in [3.8, 4) is 0 Å². The molecule has 1 aliphatic rings. The maximum Gasteiger partial charge on any atom is 0.409 e. The van der Waals surface area contributed by atoms with Gasteiger partial charge in [-0.1, -0.05) is 0 Å². The van der Waals surface area contributed by atoms with E-state index in [0.29, 0.717) is 58.3 Å². The maximum atomic E-state index is 12.3. The van der Waals surface area contributed by atoms with Gasteiger partial charge in [0.2, 0.25) is 0 Å². The van der Waals surface area contributed by atoms with E-state index in [-0.39, 0.29) is 30.1 Å². The summed E-state index contributed by atoms with van der Waals surface area (Å²) in [7, 11) is 3.12. The second kappa shape index (κ2) is 12.4. The molecule has 0 aliphatic carbocycles. The molecule has 11 heteroatoms. The molecule has 1 N–H and O–H groups in total. The Morgan fingerprint density at radius 2 is 1.81 bits per heavy atom. The molecule has 1 aliphatic heterocycles. The highest BCUT2D eigenvalue weighted by atomic mass is 127. The van der Waals surface area contributed by atoms with Crippen LogP contribution in [0.2, 0.25) is 0 Å². The quantitative estimate of drug-likeness (QED) is 0.264. The lowest BCUT2D eigenvalue weighted by Gasteiger charge is -2.35. The summed E-state index contributed by atoms with van der Waals surface area (Å²) >= 11 is 0. The first-order valence-corrected chi connectivity index (χ1v) is 8.39. The zero-order chi connectivity index (χ0) is 18.9. The lowest BCUT2D eigenvalue weighted by molar-refractivity contribution is -0.143. The Morgan fingerprint density at radius 1 is 1.23 bits per heavy atom. The van der Waals surface area contributed by atoms with Crippen molar-refractivity contribution in [1.29, 1.82) is 0 Å². The summed E-state index contributed by atoms with van der Waals surface area (Å²) in [6.45, 7) is 4.46. The van der Waals surface area contributed by atoms with Crippen molar-refractivity contribution >= 4 is 36.0 Å². The third-order valence-corrected chi connectivity index (χ3v) is 3.77. The summed E-state index contributed by atoms with van der Waals surface area (Å²) < 4.78 is 41.8. The van der Waals surface area contributed by atoms with Crippen LogP contribution in [0.1, 0.15) is 13.3 Å². The zero-order valence-electron chi connectivity index (χ0n) is 15.5. The summed E-state index contributed by atoms with van der Waals surface area (Å²) in [5.74, 6) is 0.696. The van der Waals surface area contributed by atoms with Crippen LogP contribution in [0.25, 0.3) is 0 Å². The van der Waals surface area contributed by atoms with Crippen LogP contribution in [0.3, 0.4) is 0 Å². The Labute approximate surface area is 169 Å². The van der Waals surface area contributed by atoms with Crippen LogP contribution in [-0.2, 0) is 4.74 Å². The van der Waals surface area contributed by atoms with Crippen molar-refractivity contribution in [1.82, 2.24) is 20.0 Å². The number of halogens is 4. The molecule has 0 aromatic rings. The van der Waals surface area contributed by atoms with E-state index >= 15 is 0 Å². The van der Waals surface area contributed by atoms with Gasteiger partial charge in [0.1, 0.15) is 0 Å². The van der Waals surface area contributed by atoms with E-state index in [2.05, 4.69) is 10.3 Å². The van der Waals surface area contributed by atoms with Crippen molar-refractivity contribution in [3.63, 3.8) is 0 Å². The number of nitrogens with one attached hydrogen (secondary N) is 1.